The number of hydrogen-bond donors (Lipinski definition) is 3. The van der Waals surface area contributed by atoms with Crippen molar-refractivity contribution in [3.8, 4) is 0 Å². The van der Waals surface area contributed by atoms with Gasteiger partial charge in [0.25, 0.3) is 11.8 Å². The van der Waals surface area contributed by atoms with Gasteiger partial charge in [-0.1, -0.05) is 0 Å². The average molecular weight is 344 g/mol. The summed E-state index contributed by atoms with van der Waals surface area (Å²) in [7, 11) is 1.86. The fourth-order valence-corrected chi connectivity index (χ4v) is 2.50. The van der Waals surface area contributed by atoms with Gasteiger partial charge < -0.3 is 20.4 Å². The first kappa shape index (κ1) is 18.2. The highest BCUT2D eigenvalue weighted by atomic mass is 35.5. The maximum absolute atomic E-state index is 12.1. The van der Waals surface area contributed by atoms with E-state index in [9.17, 15) is 9.59 Å². The number of furan rings is 1. The van der Waals surface area contributed by atoms with Crippen LogP contribution in [-0.2, 0) is 0 Å². The fourth-order valence-electron chi connectivity index (χ4n) is 1.72. The molecular weight excluding hydrogens is 326 g/mol. The number of nitrogens with one attached hydrogen (secondary N) is 3. The van der Waals surface area contributed by atoms with Crippen molar-refractivity contribution in [1.29, 1.82) is 0 Å². The van der Waals surface area contributed by atoms with Crippen LogP contribution in [-0.4, -0.2) is 32.0 Å². The Bertz CT molecular complexity index is 598. The standard InChI is InChI=1S/C14H17N3O3S.ClH/c1-15-6-3-7-16-12(18)10-5-9-21-14(10)17-13(19)11-4-2-8-20-11;/h2,4-5,8-9,15H,3,6-7H2,1H3,(H,16,18)(H,17,19);1H. The van der Waals surface area contributed by atoms with Gasteiger partial charge in [-0.25, -0.2) is 0 Å². The van der Waals surface area contributed by atoms with Crippen LogP contribution < -0.4 is 16.0 Å². The average Bonchev–Trinajstić information content (AvgIpc) is 3.14. The molecule has 0 unspecified atom stereocenters. The van der Waals surface area contributed by atoms with Crippen LogP contribution in [0.5, 0.6) is 0 Å². The fraction of sp³-hybridized carbons (Fsp3) is 0.286. The number of hydrogen-bond acceptors (Lipinski definition) is 5. The maximum atomic E-state index is 12.1. The summed E-state index contributed by atoms with van der Waals surface area (Å²) in [5.74, 6) is -0.349. The first-order valence-corrected chi connectivity index (χ1v) is 7.45. The summed E-state index contributed by atoms with van der Waals surface area (Å²) in [6.45, 7) is 1.42. The number of amides is 2. The number of halogens is 1. The smallest absolute Gasteiger partial charge is 0.291 e. The van der Waals surface area contributed by atoms with E-state index < -0.39 is 0 Å². The maximum Gasteiger partial charge on any atom is 0.291 e. The van der Waals surface area contributed by atoms with E-state index in [4.69, 9.17) is 4.42 Å². The molecule has 22 heavy (non-hydrogen) atoms. The molecule has 6 nitrogen and oxygen atoms in total. The molecule has 0 fully saturated rings. The second kappa shape index (κ2) is 9.24. The molecule has 0 saturated heterocycles. The molecule has 2 aromatic heterocycles. The van der Waals surface area contributed by atoms with Crippen molar-refractivity contribution >= 4 is 40.6 Å². The summed E-state index contributed by atoms with van der Waals surface area (Å²) in [4.78, 5) is 24.0. The second-order valence-corrected chi connectivity index (χ2v) is 5.22. The predicted octanol–water partition coefficient (Wildman–Crippen LogP) is 2.35. The molecule has 3 N–H and O–H groups in total. The lowest BCUT2D eigenvalue weighted by Gasteiger charge is -2.06. The number of thiophene rings is 1. The van der Waals surface area contributed by atoms with Crippen LogP contribution in [0.4, 0.5) is 5.00 Å². The van der Waals surface area contributed by atoms with Gasteiger partial charge in [0.15, 0.2) is 5.76 Å². The van der Waals surface area contributed by atoms with Crippen molar-refractivity contribution in [1.82, 2.24) is 10.6 Å². The Labute approximate surface area is 138 Å². The van der Waals surface area contributed by atoms with Gasteiger partial charge in [-0.3, -0.25) is 9.59 Å². The molecule has 0 atom stereocenters. The van der Waals surface area contributed by atoms with Crippen molar-refractivity contribution in [2.75, 3.05) is 25.5 Å². The zero-order valence-electron chi connectivity index (χ0n) is 12.0. The lowest BCUT2D eigenvalue weighted by atomic mass is 10.3. The summed E-state index contributed by atoms with van der Waals surface area (Å²) in [6, 6.07) is 4.90. The lowest BCUT2D eigenvalue weighted by molar-refractivity contribution is 0.0954. The summed E-state index contributed by atoms with van der Waals surface area (Å²) >= 11 is 1.30. The molecule has 2 aromatic rings. The molecule has 120 valence electrons. The number of carbonyl (C=O) groups is 2. The lowest BCUT2D eigenvalue weighted by Crippen LogP contribution is -2.27. The van der Waals surface area contributed by atoms with Crippen LogP contribution in [0.2, 0.25) is 0 Å². The molecule has 0 aliphatic carbocycles. The molecule has 0 aromatic carbocycles. The molecule has 0 aliphatic heterocycles. The van der Waals surface area contributed by atoms with E-state index in [-0.39, 0.29) is 30.0 Å². The molecule has 2 amide bonds. The van der Waals surface area contributed by atoms with Gasteiger partial charge in [-0.15, -0.1) is 23.7 Å². The Hall–Kier alpha value is -1.83. The summed E-state index contributed by atoms with van der Waals surface area (Å²) in [5.41, 5.74) is 0.462. The first-order valence-electron chi connectivity index (χ1n) is 6.57. The highest BCUT2D eigenvalue weighted by Crippen LogP contribution is 2.23. The monoisotopic (exact) mass is 343 g/mol. The van der Waals surface area contributed by atoms with Crippen molar-refractivity contribution in [3.63, 3.8) is 0 Å². The zero-order chi connectivity index (χ0) is 15.1. The number of anilines is 1. The topological polar surface area (TPSA) is 83.4 Å². The molecule has 2 heterocycles. The third kappa shape index (κ3) is 4.87. The molecule has 0 bridgehead atoms. The van der Waals surface area contributed by atoms with Gasteiger partial charge in [-0.2, -0.15) is 0 Å². The minimum Gasteiger partial charge on any atom is -0.459 e. The van der Waals surface area contributed by atoms with Crippen LogP contribution in [0.25, 0.3) is 0 Å². The molecule has 2 rings (SSSR count). The third-order valence-corrected chi connectivity index (χ3v) is 3.60. The highest BCUT2D eigenvalue weighted by Gasteiger charge is 2.16. The van der Waals surface area contributed by atoms with Gasteiger partial charge in [0.05, 0.1) is 11.8 Å². The van der Waals surface area contributed by atoms with Crippen LogP contribution in [0.1, 0.15) is 27.3 Å². The molecule has 0 radical (unpaired) electrons. The Morgan fingerprint density at radius 3 is 2.73 bits per heavy atom. The van der Waals surface area contributed by atoms with E-state index in [1.54, 1.807) is 23.6 Å². The van der Waals surface area contributed by atoms with Gasteiger partial charge in [0, 0.05) is 6.54 Å². The van der Waals surface area contributed by atoms with Crippen molar-refractivity contribution in [2.45, 2.75) is 6.42 Å². The largest absolute Gasteiger partial charge is 0.459 e. The molecule has 8 heteroatoms. The Morgan fingerprint density at radius 1 is 1.23 bits per heavy atom. The molecular formula is C14H18ClN3O3S. The van der Waals surface area contributed by atoms with E-state index in [1.165, 1.54) is 17.6 Å². The van der Waals surface area contributed by atoms with E-state index >= 15 is 0 Å². The van der Waals surface area contributed by atoms with Crippen molar-refractivity contribution in [3.05, 3.63) is 41.2 Å². The minimum absolute atomic E-state index is 0. The van der Waals surface area contributed by atoms with Crippen LogP contribution >= 0.6 is 23.7 Å². The second-order valence-electron chi connectivity index (χ2n) is 4.31. The summed E-state index contributed by atoms with van der Waals surface area (Å²) < 4.78 is 5.02. The zero-order valence-corrected chi connectivity index (χ0v) is 13.7. The van der Waals surface area contributed by atoms with E-state index in [1.807, 2.05) is 7.05 Å². The van der Waals surface area contributed by atoms with Crippen LogP contribution in [0.3, 0.4) is 0 Å². The third-order valence-electron chi connectivity index (χ3n) is 2.77. The molecule has 0 saturated carbocycles. The van der Waals surface area contributed by atoms with Crippen LogP contribution in [0.15, 0.2) is 34.3 Å². The normalized spacial score (nSPS) is 9.86. The SMILES string of the molecule is CNCCCNC(=O)c1ccsc1NC(=O)c1ccco1.Cl. The van der Waals surface area contributed by atoms with E-state index in [0.29, 0.717) is 17.1 Å². The number of carbonyl (C=O) groups excluding carboxylic acids is 2. The first-order chi connectivity index (χ1) is 10.2. The Kier molecular flexibility index (Phi) is 7.65. The van der Waals surface area contributed by atoms with Crippen LogP contribution in [0, 0.1) is 0 Å². The Morgan fingerprint density at radius 2 is 2.05 bits per heavy atom. The van der Waals surface area contributed by atoms with Gasteiger partial charge >= 0.3 is 0 Å². The van der Waals surface area contributed by atoms with E-state index in [2.05, 4.69) is 16.0 Å². The number of rotatable bonds is 7. The summed E-state index contributed by atoms with van der Waals surface area (Å²) in [5, 5.41) is 10.8. The van der Waals surface area contributed by atoms with Gasteiger partial charge in [0.2, 0.25) is 0 Å². The van der Waals surface area contributed by atoms with Crippen molar-refractivity contribution in [2.24, 2.45) is 0 Å². The molecule has 0 spiro atoms. The summed E-state index contributed by atoms with van der Waals surface area (Å²) in [6.07, 6.45) is 2.28. The molecule has 0 aliphatic rings. The minimum atomic E-state index is -0.369. The highest BCUT2D eigenvalue weighted by molar-refractivity contribution is 7.14. The van der Waals surface area contributed by atoms with Gasteiger partial charge in [0.1, 0.15) is 5.00 Å². The van der Waals surface area contributed by atoms with Gasteiger partial charge in [-0.05, 0) is 43.6 Å². The predicted molar refractivity (Wildman–Crippen MR) is 89.1 cm³/mol. The van der Waals surface area contributed by atoms with Crippen molar-refractivity contribution < 1.29 is 14.0 Å². The quantitative estimate of drug-likeness (QED) is 0.674. The van der Waals surface area contributed by atoms with E-state index in [0.717, 1.165) is 13.0 Å². The Balaban J connectivity index is 0.00000242.